The first kappa shape index (κ1) is 43.1. The molecule has 0 spiro atoms. The number of hydrogen-bond donors (Lipinski definition) is 0. The van der Waals surface area contributed by atoms with Gasteiger partial charge in [-0.15, -0.1) is 0 Å². The van der Waals surface area contributed by atoms with Crippen LogP contribution in [0.25, 0.3) is 0 Å². The normalized spacial score (nSPS) is 0. The van der Waals surface area contributed by atoms with Crippen LogP contribution < -0.4 is 0 Å². The minimum atomic E-state index is 0. The minimum absolute atomic E-state index is 0. The Bertz CT molecular complexity index is 11.6. The summed E-state index contributed by atoms with van der Waals surface area (Å²) in [5.74, 6) is 0. The van der Waals surface area contributed by atoms with Crippen LogP contribution >= 0.6 is 0 Å². The third-order valence-corrected chi connectivity index (χ3v) is 0. The molecule has 0 rings (SSSR count). The second kappa shape index (κ2) is 27.8. The molecular formula is CH4CaFeMgNi. The molecule has 5 heavy (non-hydrogen) atoms. The van der Waals surface area contributed by atoms with Crippen LogP contribution in [0.1, 0.15) is 7.43 Å². The predicted octanol–water partition coefficient (Wildman–Crippen LogP) is -0.131. The van der Waals surface area contributed by atoms with E-state index in [-0.39, 0.29) is 102 Å². The van der Waals surface area contributed by atoms with Crippen molar-refractivity contribution in [1.29, 1.82) is 0 Å². The van der Waals surface area contributed by atoms with Crippen LogP contribution in [-0.4, -0.2) is 60.8 Å². The van der Waals surface area contributed by atoms with Crippen LogP contribution in [0.3, 0.4) is 0 Å². The molecule has 0 aliphatic rings. The van der Waals surface area contributed by atoms with E-state index in [1.807, 2.05) is 0 Å². The standard InChI is InChI=1S/CH4.Ca.Fe.Mg.Ni/h1H4;;;;. The van der Waals surface area contributed by atoms with Crippen LogP contribution in [0, 0.1) is 0 Å². The average Bonchev–Trinajstić information content (AvgIpc) is 0. The summed E-state index contributed by atoms with van der Waals surface area (Å²) in [6.07, 6.45) is 0. The van der Waals surface area contributed by atoms with Crippen molar-refractivity contribution in [2.75, 3.05) is 0 Å². The maximum Gasteiger partial charge on any atom is 0 e. The SMILES string of the molecule is C.[Ca].[Fe].[Mg].[Ni]. The molecule has 0 aromatic carbocycles. The molecule has 0 saturated heterocycles. The van der Waals surface area contributed by atoms with Gasteiger partial charge in [0, 0.05) is 94.4 Å². The fourth-order valence-electron chi connectivity index (χ4n) is 0. The molecule has 0 aliphatic carbocycles. The monoisotopic (exact) mass is 194 g/mol. The van der Waals surface area contributed by atoms with Crippen LogP contribution in [0.2, 0.25) is 0 Å². The molecule has 0 fully saturated rings. The molecule has 4 radical (unpaired) electrons. The van der Waals surface area contributed by atoms with Gasteiger partial charge in [-0.25, -0.2) is 0 Å². The first-order chi connectivity index (χ1) is 0. The van der Waals surface area contributed by atoms with E-state index in [0.717, 1.165) is 0 Å². The number of rotatable bonds is 0. The van der Waals surface area contributed by atoms with Crippen LogP contribution in [-0.2, 0) is 33.6 Å². The Balaban J connectivity index is 0. The van der Waals surface area contributed by atoms with Crippen molar-refractivity contribution in [3.05, 3.63) is 0 Å². The Labute approximate surface area is 99.8 Å². The molecule has 0 saturated carbocycles. The van der Waals surface area contributed by atoms with Crippen molar-refractivity contribution in [3.8, 4) is 0 Å². The Hall–Kier alpha value is 3.04. The molecule has 0 aromatic heterocycles. The van der Waals surface area contributed by atoms with Gasteiger partial charge < -0.3 is 0 Å². The van der Waals surface area contributed by atoms with Crippen molar-refractivity contribution >= 4 is 60.8 Å². The van der Waals surface area contributed by atoms with Crippen LogP contribution in [0.5, 0.6) is 0 Å². The van der Waals surface area contributed by atoms with E-state index in [1.54, 1.807) is 0 Å². The smallest absolute Gasteiger partial charge is 0 e. The van der Waals surface area contributed by atoms with E-state index in [0.29, 0.717) is 0 Å². The van der Waals surface area contributed by atoms with Gasteiger partial charge in [0.05, 0.1) is 0 Å². The van der Waals surface area contributed by atoms with Crippen molar-refractivity contribution < 1.29 is 33.6 Å². The third kappa shape index (κ3) is 19.4. The fourth-order valence-corrected chi connectivity index (χ4v) is 0. The van der Waals surface area contributed by atoms with E-state index in [4.69, 9.17) is 0 Å². The topological polar surface area (TPSA) is 0 Å². The van der Waals surface area contributed by atoms with Gasteiger partial charge in [0.1, 0.15) is 0 Å². The van der Waals surface area contributed by atoms with Gasteiger partial charge in [0.15, 0.2) is 0 Å². The van der Waals surface area contributed by atoms with Gasteiger partial charge in [0.2, 0.25) is 0 Å². The molecule has 30 valence electrons. The van der Waals surface area contributed by atoms with Crippen LogP contribution in [0.4, 0.5) is 0 Å². The first-order valence-corrected chi connectivity index (χ1v) is 0. The molecular weight excluding hydrogens is 191 g/mol. The summed E-state index contributed by atoms with van der Waals surface area (Å²) >= 11 is 0. The summed E-state index contributed by atoms with van der Waals surface area (Å²) in [4.78, 5) is 0. The quantitative estimate of drug-likeness (QED) is 0.472. The van der Waals surface area contributed by atoms with E-state index < -0.39 is 0 Å². The van der Waals surface area contributed by atoms with Crippen molar-refractivity contribution in [2.24, 2.45) is 0 Å². The molecule has 0 bridgehead atoms. The molecule has 0 aliphatic heterocycles. The first-order valence-electron chi connectivity index (χ1n) is 0. The van der Waals surface area contributed by atoms with Gasteiger partial charge in [-0.1, -0.05) is 7.43 Å². The molecule has 0 aromatic rings. The Morgan fingerprint density at radius 3 is 1.00 bits per heavy atom. The Morgan fingerprint density at radius 1 is 1.00 bits per heavy atom. The Morgan fingerprint density at radius 2 is 1.00 bits per heavy atom. The van der Waals surface area contributed by atoms with Crippen molar-refractivity contribution in [3.63, 3.8) is 0 Å². The zero-order valence-electron chi connectivity index (χ0n) is 2.08. The molecule has 4 heteroatoms. The van der Waals surface area contributed by atoms with E-state index in [9.17, 15) is 0 Å². The maximum atomic E-state index is 0. The summed E-state index contributed by atoms with van der Waals surface area (Å²) < 4.78 is 0. The summed E-state index contributed by atoms with van der Waals surface area (Å²) in [5.41, 5.74) is 0. The second-order valence-corrected chi connectivity index (χ2v) is 0. The fraction of sp³-hybridized carbons (Fsp3) is 1.00. The zero-order chi connectivity index (χ0) is 0. The average molecular weight is 195 g/mol. The molecule has 0 amide bonds. The maximum absolute atomic E-state index is 0. The summed E-state index contributed by atoms with van der Waals surface area (Å²) in [5, 5.41) is 0. The molecule has 0 unspecified atom stereocenters. The second-order valence-electron chi connectivity index (χ2n) is 0. The Kier molecular flexibility index (Phi) is 240. The largest absolute Gasteiger partial charge is 0.0776 e. The number of hydrogen-bond acceptors (Lipinski definition) is 0. The molecule has 0 atom stereocenters. The third-order valence-electron chi connectivity index (χ3n) is 0. The van der Waals surface area contributed by atoms with Gasteiger partial charge in [0.25, 0.3) is 0 Å². The predicted molar refractivity (Wildman–Crippen MR) is 18.2 cm³/mol. The molecule has 0 N–H and O–H groups in total. The van der Waals surface area contributed by atoms with Crippen molar-refractivity contribution in [1.82, 2.24) is 0 Å². The van der Waals surface area contributed by atoms with Gasteiger partial charge in [-0.05, 0) is 0 Å². The summed E-state index contributed by atoms with van der Waals surface area (Å²) in [7, 11) is 0. The van der Waals surface area contributed by atoms with Crippen LogP contribution in [0.15, 0.2) is 0 Å². The van der Waals surface area contributed by atoms with Crippen molar-refractivity contribution in [2.45, 2.75) is 7.43 Å². The van der Waals surface area contributed by atoms with Gasteiger partial charge >= 0.3 is 0 Å². The minimum Gasteiger partial charge on any atom is -0.0776 e. The van der Waals surface area contributed by atoms with E-state index >= 15 is 0 Å². The zero-order valence-corrected chi connectivity index (χ0v) is 7.80. The van der Waals surface area contributed by atoms with Gasteiger partial charge in [-0.2, -0.15) is 0 Å². The van der Waals surface area contributed by atoms with E-state index in [1.165, 1.54) is 0 Å². The summed E-state index contributed by atoms with van der Waals surface area (Å²) in [6, 6.07) is 0. The molecule has 0 heterocycles. The van der Waals surface area contributed by atoms with Gasteiger partial charge in [-0.3, -0.25) is 0 Å². The van der Waals surface area contributed by atoms with E-state index in [2.05, 4.69) is 0 Å². The molecule has 0 nitrogen and oxygen atoms in total. The summed E-state index contributed by atoms with van der Waals surface area (Å²) in [6.45, 7) is 0.